The number of hydrogen-bond acceptors (Lipinski definition) is 12. The molecule has 1 saturated carbocycles. The maximum Gasteiger partial charge on any atom is 0.407 e. The number of aromatic amines is 1. The van der Waals surface area contributed by atoms with E-state index in [1.165, 1.54) is 25.7 Å². The van der Waals surface area contributed by atoms with Gasteiger partial charge in [0.25, 0.3) is 0 Å². The first-order valence-electron chi connectivity index (χ1n) is 13.6. The highest BCUT2D eigenvalue weighted by atomic mass is 19.1. The molecule has 2 aliphatic heterocycles. The number of halogens is 1. The van der Waals surface area contributed by atoms with Crippen LogP contribution in [0.25, 0.3) is 0 Å². The van der Waals surface area contributed by atoms with Crippen molar-refractivity contribution in [3.8, 4) is 0 Å². The fraction of sp³-hybridized carbons (Fsp3) is 0.520. The molecule has 2 saturated heterocycles. The molecule has 2 amide bonds. The minimum Gasteiger partial charge on any atom is -0.453 e. The summed E-state index contributed by atoms with van der Waals surface area (Å²) < 4.78 is 19.5. The third kappa shape index (κ3) is 6.25. The topological polar surface area (TPSA) is 179 Å². The van der Waals surface area contributed by atoms with Crippen molar-refractivity contribution in [1.82, 2.24) is 40.4 Å². The van der Waals surface area contributed by atoms with E-state index in [0.29, 0.717) is 30.8 Å². The minimum absolute atomic E-state index is 0.0317. The van der Waals surface area contributed by atoms with E-state index in [0.717, 1.165) is 31.4 Å². The van der Waals surface area contributed by atoms with Crippen LogP contribution in [0.3, 0.4) is 0 Å². The summed E-state index contributed by atoms with van der Waals surface area (Å²) in [7, 11) is 1.32. The first kappa shape index (κ1) is 26.6. The average molecular weight is 567 g/mol. The third-order valence-electron chi connectivity index (χ3n) is 7.29. The van der Waals surface area contributed by atoms with E-state index >= 15 is 0 Å². The van der Waals surface area contributed by atoms with Crippen molar-refractivity contribution in [1.29, 1.82) is 0 Å². The molecule has 216 valence electrons. The lowest BCUT2D eigenvalue weighted by atomic mass is 10.1. The van der Waals surface area contributed by atoms with Crippen molar-refractivity contribution in [3.63, 3.8) is 0 Å². The lowest BCUT2D eigenvalue weighted by molar-refractivity contribution is -0.117. The monoisotopic (exact) mass is 566 g/mol. The Kier molecular flexibility index (Phi) is 7.43. The molecule has 0 radical (unpaired) electrons. The summed E-state index contributed by atoms with van der Waals surface area (Å²) >= 11 is 0. The first-order valence-corrected chi connectivity index (χ1v) is 13.6. The summed E-state index contributed by atoms with van der Waals surface area (Å²) in [6, 6.07) is 0.871. The highest BCUT2D eigenvalue weighted by Gasteiger charge is 2.39. The van der Waals surface area contributed by atoms with Crippen LogP contribution >= 0.6 is 0 Å². The van der Waals surface area contributed by atoms with E-state index in [2.05, 4.69) is 51.1 Å². The average Bonchev–Trinajstić information content (AvgIpc) is 3.60. The Hall–Kier alpha value is -4.63. The zero-order chi connectivity index (χ0) is 28.3. The fourth-order valence-corrected chi connectivity index (χ4v) is 5.12. The summed E-state index contributed by atoms with van der Waals surface area (Å²) in [6.07, 6.45) is 6.34. The van der Waals surface area contributed by atoms with E-state index < -0.39 is 24.2 Å². The molecule has 0 spiro atoms. The zero-order valence-electron chi connectivity index (χ0n) is 22.5. The molecule has 0 unspecified atom stereocenters. The number of H-pyrrole nitrogens is 1. The van der Waals surface area contributed by atoms with Crippen LogP contribution in [0.15, 0.2) is 24.7 Å². The number of rotatable bonds is 8. The predicted octanol–water partition coefficient (Wildman–Crippen LogP) is 1.89. The van der Waals surface area contributed by atoms with Gasteiger partial charge in [-0.1, -0.05) is 0 Å². The Bertz CT molecular complexity index is 1390. The van der Waals surface area contributed by atoms with Gasteiger partial charge in [0.1, 0.15) is 18.0 Å². The van der Waals surface area contributed by atoms with Crippen molar-refractivity contribution < 1.29 is 18.7 Å². The smallest absolute Gasteiger partial charge is 0.407 e. The molecule has 3 aromatic rings. The number of alkyl halides is 1. The Balaban J connectivity index is 1.29. The molecule has 4 N–H and O–H groups in total. The van der Waals surface area contributed by atoms with Gasteiger partial charge in [0, 0.05) is 49.9 Å². The van der Waals surface area contributed by atoms with Gasteiger partial charge in [-0.25, -0.2) is 14.2 Å². The molecule has 3 aromatic heterocycles. The third-order valence-corrected chi connectivity index (χ3v) is 7.29. The molecule has 15 nitrogen and oxygen atoms in total. The van der Waals surface area contributed by atoms with Crippen molar-refractivity contribution >= 4 is 41.5 Å². The molecule has 1 aliphatic carbocycles. The normalized spacial score (nSPS) is 22.3. The van der Waals surface area contributed by atoms with Crippen LogP contribution in [0.5, 0.6) is 0 Å². The maximum absolute atomic E-state index is 14.8. The van der Waals surface area contributed by atoms with Gasteiger partial charge in [0.2, 0.25) is 23.8 Å². The van der Waals surface area contributed by atoms with Crippen LogP contribution in [0.4, 0.5) is 38.7 Å². The lowest BCUT2D eigenvalue weighted by Gasteiger charge is -2.33. The molecule has 5 heterocycles. The second-order valence-corrected chi connectivity index (χ2v) is 10.4. The minimum atomic E-state index is -1.26. The lowest BCUT2D eigenvalue weighted by Crippen LogP contribution is -2.48. The second-order valence-electron chi connectivity index (χ2n) is 10.4. The molecule has 16 heteroatoms. The van der Waals surface area contributed by atoms with Crippen LogP contribution in [0, 0.1) is 0 Å². The number of nitrogens with zero attached hydrogens (tertiary/aromatic N) is 8. The van der Waals surface area contributed by atoms with E-state index in [1.807, 2.05) is 11.0 Å². The number of methoxy groups -OCH3 is 1. The number of anilines is 5. The van der Waals surface area contributed by atoms with Gasteiger partial charge in [-0.2, -0.15) is 20.1 Å². The molecule has 41 heavy (non-hydrogen) atoms. The number of hydrogen-bond donors (Lipinski definition) is 4. The van der Waals surface area contributed by atoms with E-state index in [4.69, 9.17) is 4.74 Å². The molecule has 3 aliphatic rings. The highest BCUT2D eigenvalue weighted by Crippen LogP contribution is 2.39. The van der Waals surface area contributed by atoms with Gasteiger partial charge >= 0.3 is 6.09 Å². The summed E-state index contributed by atoms with van der Waals surface area (Å²) in [5.74, 6) is 1.61. The van der Waals surface area contributed by atoms with Crippen LogP contribution < -0.4 is 25.8 Å². The van der Waals surface area contributed by atoms with Crippen molar-refractivity contribution in [3.05, 3.63) is 30.4 Å². The highest BCUT2D eigenvalue weighted by molar-refractivity contribution is 5.96. The van der Waals surface area contributed by atoms with Gasteiger partial charge in [-0.05, 0) is 25.7 Å². The van der Waals surface area contributed by atoms with Gasteiger partial charge in [-0.15, -0.1) is 0 Å². The van der Waals surface area contributed by atoms with E-state index in [-0.39, 0.29) is 36.7 Å². The zero-order valence-corrected chi connectivity index (χ0v) is 22.5. The first-order chi connectivity index (χ1) is 19.9. The van der Waals surface area contributed by atoms with E-state index in [1.54, 1.807) is 4.90 Å². The van der Waals surface area contributed by atoms with Crippen LogP contribution in [-0.4, -0.2) is 92.1 Å². The quantitative estimate of drug-likeness (QED) is 0.312. The summed E-state index contributed by atoms with van der Waals surface area (Å²) in [4.78, 5) is 50.5. The van der Waals surface area contributed by atoms with Crippen LogP contribution in [0.1, 0.15) is 43.7 Å². The van der Waals surface area contributed by atoms with Crippen molar-refractivity contribution in [2.75, 3.05) is 47.2 Å². The number of carbonyl (C=O) groups is 2. The fourth-order valence-electron chi connectivity index (χ4n) is 5.12. The second kappa shape index (κ2) is 11.5. The number of ether oxygens (including phenoxy) is 1. The summed E-state index contributed by atoms with van der Waals surface area (Å²) in [6.45, 7) is 1.01. The Morgan fingerprint density at radius 3 is 2.76 bits per heavy atom. The summed E-state index contributed by atoms with van der Waals surface area (Å²) in [5, 5.41) is 16.0. The number of piperidine rings is 1. The molecule has 6 rings (SSSR count). The largest absolute Gasteiger partial charge is 0.453 e. The van der Waals surface area contributed by atoms with Gasteiger partial charge < -0.3 is 30.5 Å². The van der Waals surface area contributed by atoms with Crippen molar-refractivity contribution in [2.24, 2.45) is 0 Å². The Morgan fingerprint density at radius 2 is 1.98 bits per heavy atom. The molecular formula is C25H31FN12O3. The Labute approximate surface area is 234 Å². The molecule has 3 atom stereocenters. The van der Waals surface area contributed by atoms with Gasteiger partial charge in [-0.3, -0.25) is 14.9 Å². The standard InChI is InChI=1S/C25H31FN12O3/c1-41-25(40)29-16-3-2-8-37(13-16)23-32-22(31-19-10-17(35-36-19)14-4-5-14)33-24(34-23)38-12-15(26)9-18(38)21(39)30-20-11-27-6-7-28-20/h6-7,10-11,14-16,18H,2-5,8-9,12-13H2,1H3,(H,29,40)(H,28,30,39)(H2,31,32,33,34,35,36)/t15-,16+,18+/m1/s1. The predicted molar refractivity (Wildman–Crippen MR) is 146 cm³/mol. The summed E-state index contributed by atoms with van der Waals surface area (Å²) in [5.41, 5.74) is 0.968. The number of nitrogens with one attached hydrogen (secondary N) is 4. The van der Waals surface area contributed by atoms with Crippen LogP contribution in [-0.2, 0) is 9.53 Å². The number of carbonyl (C=O) groups excluding carboxylic acids is 2. The van der Waals surface area contributed by atoms with E-state index in [9.17, 15) is 14.0 Å². The molecule has 0 aromatic carbocycles. The Morgan fingerprint density at radius 1 is 1.12 bits per heavy atom. The van der Waals surface area contributed by atoms with Gasteiger partial charge in [0.05, 0.1) is 25.5 Å². The number of amides is 2. The SMILES string of the molecule is COC(=O)N[C@H]1CCCN(c2nc(Nc3cc(C4CC4)n[nH]3)nc(N3C[C@H](F)C[C@H]3C(=O)Nc3cnccn3)n2)C1. The number of aromatic nitrogens is 7. The maximum atomic E-state index is 14.8. The molecular weight excluding hydrogens is 535 g/mol. The molecule has 3 fully saturated rings. The van der Waals surface area contributed by atoms with Gasteiger partial charge in [0.15, 0.2) is 5.82 Å². The molecule has 0 bridgehead atoms. The van der Waals surface area contributed by atoms with Crippen LogP contribution in [0.2, 0.25) is 0 Å². The number of alkyl carbamates (subject to hydrolysis) is 1. The van der Waals surface area contributed by atoms with Crippen molar-refractivity contribution in [2.45, 2.75) is 56.3 Å².